The van der Waals surface area contributed by atoms with Gasteiger partial charge in [0.05, 0.1) is 12.2 Å². The first kappa shape index (κ1) is 19.5. The van der Waals surface area contributed by atoms with E-state index in [1.165, 1.54) is 6.07 Å². The smallest absolute Gasteiger partial charge is 0.478 e. The predicted octanol–water partition coefficient (Wildman–Crippen LogP) is 5.19. The lowest BCUT2D eigenvalue weighted by Gasteiger charge is -2.23. The number of carboxylic acids is 1. The van der Waals surface area contributed by atoms with Gasteiger partial charge >= 0.3 is 12.1 Å². The molecule has 0 saturated heterocycles. The molecule has 2 rings (SSSR count). The van der Waals surface area contributed by atoms with E-state index >= 15 is 0 Å². The zero-order valence-electron chi connectivity index (χ0n) is 15.8. The van der Waals surface area contributed by atoms with Gasteiger partial charge in [-0.1, -0.05) is 45.0 Å². The van der Waals surface area contributed by atoms with E-state index in [4.69, 9.17) is 9.47 Å². The minimum Gasteiger partial charge on any atom is -0.478 e. The Hall–Kier alpha value is -2.82. The average Bonchev–Trinajstić information content (AvgIpc) is 2.54. The van der Waals surface area contributed by atoms with E-state index in [0.29, 0.717) is 16.9 Å². The first-order valence-electron chi connectivity index (χ1n) is 8.47. The van der Waals surface area contributed by atoms with Crippen LogP contribution in [0.15, 0.2) is 36.4 Å². The van der Waals surface area contributed by atoms with Gasteiger partial charge in [0.1, 0.15) is 5.75 Å². The molecule has 0 saturated carbocycles. The van der Waals surface area contributed by atoms with Crippen molar-refractivity contribution in [3.05, 3.63) is 53.1 Å². The highest BCUT2D eigenvalue weighted by molar-refractivity contribution is 5.97. The van der Waals surface area contributed by atoms with Crippen molar-refractivity contribution >= 4 is 12.1 Å². The monoisotopic (exact) mass is 356 g/mol. The molecule has 1 N–H and O–H groups in total. The van der Waals surface area contributed by atoms with Crippen LogP contribution in [0.3, 0.4) is 0 Å². The normalized spacial score (nSPS) is 11.1. The Kier molecular flexibility index (Phi) is 5.70. The van der Waals surface area contributed by atoms with Crippen LogP contribution in [-0.2, 0) is 10.2 Å². The number of hydrogen-bond donors (Lipinski definition) is 1. The topological polar surface area (TPSA) is 72.8 Å². The van der Waals surface area contributed by atoms with Gasteiger partial charge in [-0.05, 0) is 42.5 Å². The maximum atomic E-state index is 11.9. The zero-order chi connectivity index (χ0) is 19.5. The third-order valence-electron chi connectivity index (χ3n) is 4.05. The Morgan fingerprint density at radius 2 is 1.77 bits per heavy atom. The molecule has 0 heterocycles. The van der Waals surface area contributed by atoms with Gasteiger partial charge in [0, 0.05) is 11.1 Å². The molecule has 0 fully saturated rings. The Morgan fingerprint density at radius 3 is 2.35 bits per heavy atom. The molecule has 0 aliphatic heterocycles. The fourth-order valence-corrected chi connectivity index (χ4v) is 2.74. The summed E-state index contributed by atoms with van der Waals surface area (Å²) in [4.78, 5) is 23.6. The third-order valence-corrected chi connectivity index (χ3v) is 4.05. The molecule has 0 aromatic heterocycles. The summed E-state index contributed by atoms with van der Waals surface area (Å²) >= 11 is 0. The highest BCUT2D eigenvalue weighted by Crippen LogP contribution is 2.39. The number of hydrogen-bond acceptors (Lipinski definition) is 4. The van der Waals surface area contributed by atoms with Crippen molar-refractivity contribution in [3.8, 4) is 16.9 Å². The van der Waals surface area contributed by atoms with E-state index in [2.05, 4.69) is 20.8 Å². The van der Waals surface area contributed by atoms with Crippen molar-refractivity contribution in [2.45, 2.75) is 40.0 Å². The van der Waals surface area contributed by atoms with Crippen LogP contribution in [0.1, 0.15) is 49.2 Å². The molecule has 0 aliphatic carbocycles. The summed E-state index contributed by atoms with van der Waals surface area (Å²) in [6.07, 6.45) is -0.813. The van der Waals surface area contributed by atoms with Gasteiger partial charge < -0.3 is 14.6 Å². The summed E-state index contributed by atoms with van der Waals surface area (Å²) in [5.74, 6) is -0.746. The summed E-state index contributed by atoms with van der Waals surface area (Å²) in [7, 11) is 0. The molecule has 5 nitrogen and oxygen atoms in total. The molecule has 0 radical (unpaired) electrons. The third kappa shape index (κ3) is 4.23. The molecule has 0 aliphatic rings. The maximum absolute atomic E-state index is 11.9. The van der Waals surface area contributed by atoms with Crippen LogP contribution < -0.4 is 4.74 Å². The van der Waals surface area contributed by atoms with Gasteiger partial charge in [-0.15, -0.1) is 0 Å². The lowest BCUT2D eigenvalue weighted by molar-refractivity contribution is 0.0697. The first-order chi connectivity index (χ1) is 12.1. The zero-order valence-corrected chi connectivity index (χ0v) is 15.8. The summed E-state index contributed by atoms with van der Waals surface area (Å²) < 4.78 is 10.3. The van der Waals surface area contributed by atoms with E-state index in [0.717, 1.165) is 11.1 Å². The quantitative estimate of drug-likeness (QED) is 0.602. The highest BCUT2D eigenvalue weighted by Gasteiger charge is 2.23. The second-order valence-corrected chi connectivity index (χ2v) is 7.05. The summed E-state index contributed by atoms with van der Waals surface area (Å²) in [5.41, 5.74) is 2.85. The number of aromatic carboxylic acids is 1. The van der Waals surface area contributed by atoms with Crippen molar-refractivity contribution < 1.29 is 24.2 Å². The van der Waals surface area contributed by atoms with Crippen molar-refractivity contribution in [3.63, 3.8) is 0 Å². The van der Waals surface area contributed by atoms with Crippen molar-refractivity contribution in [2.24, 2.45) is 0 Å². The van der Waals surface area contributed by atoms with Crippen LogP contribution in [0.25, 0.3) is 11.1 Å². The van der Waals surface area contributed by atoms with Crippen molar-refractivity contribution in [2.75, 3.05) is 6.61 Å². The fraction of sp³-hybridized carbons (Fsp3) is 0.333. The number of carboxylic acid groups (broad SMARTS) is 1. The first-order valence-corrected chi connectivity index (χ1v) is 8.47. The van der Waals surface area contributed by atoms with Gasteiger partial charge in [0.2, 0.25) is 0 Å². The maximum Gasteiger partial charge on any atom is 0.513 e. The summed E-state index contributed by atoms with van der Waals surface area (Å²) in [5, 5.41) is 9.53. The number of carbonyl (C=O) groups is 2. The minimum absolute atomic E-state index is 0.146. The Balaban J connectivity index is 2.72. The van der Waals surface area contributed by atoms with Gasteiger partial charge in [0.15, 0.2) is 0 Å². The molecular weight excluding hydrogens is 332 g/mol. The second-order valence-electron chi connectivity index (χ2n) is 7.05. The Morgan fingerprint density at radius 1 is 1.12 bits per heavy atom. The van der Waals surface area contributed by atoms with E-state index in [1.807, 2.05) is 13.0 Å². The van der Waals surface area contributed by atoms with Gasteiger partial charge in [-0.25, -0.2) is 9.59 Å². The fourth-order valence-electron chi connectivity index (χ4n) is 2.74. The van der Waals surface area contributed by atoms with E-state index in [-0.39, 0.29) is 17.6 Å². The SMILES string of the molecule is CCOC(=O)Oc1cc(C(C)(C)C)cc(C)c1-c1ccccc1C(=O)O. The number of benzene rings is 2. The molecule has 26 heavy (non-hydrogen) atoms. The lowest BCUT2D eigenvalue weighted by atomic mass is 9.83. The molecule has 0 spiro atoms. The minimum atomic E-state index is -1.04. The van der Waals surface area contributed by atoms with E-state index < -0.39 is 12.1 Å². The van der Waals surface area contributed by atoms with Crippen molar-refractivity contribution in [1.82, 2.24) is 0 Å². The molecule has 0 atom stereocenters. The van der Waals surface area contributed by atoms with Gasteiger partial charge in [-0.2, -0.15) is 0 Å². The molecule has 5 heteroatoms. The van der Waals surface area contributed by atoms with Crippen LogP contribution in [-0.4, -0.2) is 23.8 Å². The molecule has 2 aromatic carbocycles. The largest absolute Gasteiger partial charge is 0.513 e. The standard InChI is InChI=1S/C21H24O5/c1-6-25-20(24)26-17-12-14(21(3,4)5)11-13(2)18(17)15-9-7-8-10-16(15)19(22)23/h7-12H,6H2,1-5H3,(H,22,23). The number of rotatable bonds is 4. The average molecular weight is 356 g/mol. The van der Waals surface area contributed by atoms with Crippen LogP contribution in [0.2, 0.25) is 0 Å². The number of aryl methyl sites for hydroxylation is 1. The highest BCUT2D eigenvalue weighted by atomic mass is 16.7. The lowest BCUT2D eigenvalue weighted by Crippen LogP contribution is -2.15. The van der Waals surface area contributed by atoms with Gasteiger partial charge in [0.25, 0.3) is 0 Å². The van der Waals surface area contributed by atoms with E-state index in [1.54, 1.807) is 31.2 Å². The van der Waals surface area contributed by atoms with E-state index in [9.17, 15) is 14.7 Å². The summed E-state index contributed by atoms with van der Waals surface area (Å²) in [6.45, 7) is 9.93. The van der Waals surface area contributed by atoms with Gasteiger partial charge in [-0.3, -0.25) is 0 Å². The van der Waals surface area contributed by atoms with Crippen molar-refractivity contribution in [1.29, 1.82) is 0 Å². The Labute approximate surface area is 153 Å². The molecular formula is C21H24O5. The predicted molar refractivity (Wildman–Crippen MR) is 99.9 cm³/mol. The molecule has 0 bridgehead atoms. The summed E-state index contributed by atoms with van der Waals surface area (Å²) in [6, 6.07) is 10.4. The Bertz CT molecular complexity index is 831. The molecule has 2 aromatic rings. The van der Waals surface area contributed by atoms with Crippen LogP contribution in [0.5, 0.6) is 5.75 Å². The van der Waals surface area contributed by atoms with Crippen LogP contribution >= 0.6 is 0 Å². The van der Waals surface area contributed by atoms with Crippen LogP contribution in [0, 0.1) is 6.92 Å². The van der Waals surface area contributed by atoms with Crippen LogP contribution in [0.4, 0.5) is 4.79 Å². The number of ether oxygens (including phenoxy) is 2. The second kappa shape index (κ2) is 7.60. The molecule has 0 unspecified atom stereocenters. The number of carbonyl (C=O) groups excluding carboxylic acids is 1. The molecule has 138 valence electrons. The molecule has 0 amide bonds.